The maximum atomic E-state index is 10.6. The van der Waals surface area contributed by atoms with Crippen molar-refractivity contribution in [2.75, 3.05) is 0 Å². The molecule has 0 aliphatic carbocycles. The van der Waals surface area contributed by atoms with E-state index in [1.165, 1.54) is 5.56 Å². The third kappa shape index (κ3) is 10.2. The number of carboxylic acid groups (broad SMARTS) is 1. The number of aryl methyl sites for hydroxylation is 2. The molecule has 0 atom stereocenters. The Balaban J connectivity index is 0.000000289. The Bertz CT molecular complexity index is 484. The molecule has 2 rings (SSSR count). The maximum absolute atomic E-state index is 10.6. The van der Waals surface area contributed by atoms with Crippen molar-refractivity contribution in [2.45, 2.75) is 26.6 Å². The largest absolute Gasteiger partial charge is 0.490 e. The third-order valence-electron chi connectivity index (χ3n) is 2.07. The number of aromatic nitrogens is 2. The summed E-state index contributed by atoms with van der Waals surface area (Å²) in [5.41, 5.74) is 1.34. The first-order chi connectivity index (χ1) is 9.77. The third-order valence-corrected chi connectivity index (χ3v) is 2.07. The zero-order valence-electron chi connectivity index (χ0n) is 11.7. The van der Waals surface area contributed by atoms with E-state index in [1.807, 2.05) is 18.2 Å². The number of hydrogen-bond donors (Lipinski definition) is 1. The minimum absolute atomic E-state index is 1.08. The normalized spacial score (nSPS) is 9.76. The van der Waals surface area contributed by atoms with Crippen LogP contribution in [-0.2, 0) is 11.3 Å². The van der Waals surface area contributed by atoms with E-state index < -0.39 is 12.1 Å². The van der Waals surface area contributed by atoms with Gasteiger partial charge in [-0.2, -0.15) is 13.2 Å². The Labute approximate surface area is 120 Å². The van der Waals surface area contributed by atoms with Crippen LogP contribution in [0.3, 0.4) is 0 Å². The minimum atomic E-state index is -5.08. The van der Waals surface area contributed by atoms with Gasteiger partial charge in [-0.1, -0.05) is 6.07 Å². The van der Waals surface area contributed by atoms with Crippen LogP contribution < -0.4 is 0 Å². The summed E-state index contributed by atoms with van der Waals surface area (Å²) in [4.78, 5) is 12.7. The number of hydrogen-bond acceptors (Lipinski definition) is 2. The molecule has 21 heavy (non-hydrogen) atoms. The highest BCUT2D eigenvalue weighted by molar-refractivity contribution is 5.73. The summed E-state index contributed by atoms with van der Waals surface area (Å²) in [5.74, 6) is -2.76. The summed E-state index contributed by atoms with van der Waals surface area (Å²) >= 11 is 0. The van der Waals surface area contributed by atoms with Crippen molar-refractivity contribution < 1.29 is 23.1 Å². The molecule has 2 aromatic rings. The second kappa shape index (κ2) is 9.57. The highest BCUT2D eigenvalue weighted by atomic mass is 19.4. The van der Waals surface area contributed by atoms with Gasteiger partial charge in [0.1, 0.15) is 0 Å². The van der Waals surface area contributed by atoms with E-state index in [4.69, 9.17) is 9.90 Å². The maximum Gasteiger partial charge on any atom is 0.490 e. The van der Waals surface area contributed by atoms with Gasteiger partial charge < -0.3 is 9.67 Å². The molecule has 0 unspecified atom stereocenters. The zero-order valence-corrected chi connectivity index (χ0v) is 11.7. The van der Waals surface area contributed by atoms with Crippen LogP contribution in [0.5, 0.6) is 0 Å². The Kier molecular flexibility index (Phi) is 8.52. The first kappa shape index (κ1) is 18.7. The molecule has 2 heterocycles. The molecule has 2 aromatic heterocycles. The molecule has 4 nitrogen and oxygen atoms in total. The average molecular weight is 302 g/mol. The van der Waals surface area contributed by atoms with Crippen molar-refractivity contribution in [1.82, 2.24) is 9.55 Å². The Hall–Kier alpha value is -2.31. The van der Waals surface area contributed by atoms with E-state index in [0.717, 1.165) is 6.54 Å². The molecule has 0 aliphatic rings. The van der Waals surface area contributed by atoms with Crippen LogP contribution >= 0.6 is 0 Å². The number of nitrogens with zero attached hydrogens (tertiary/aromatic N) is 2. The van der Waals surface area contributed by atoms with Crippen molar-refractivity contribution in [2.24, 2.45) is 0 Å². The van der Waals surface area contributed by atoms with E-state index in [2.05, 4.69) is 41.9 Å². The molecule has 0 saturated heterocycles. The van der Waals surface area contributed by atoms with Gasteiger partial charge in [-0.05, 0) is 37.6 Å². The molecule has 0 aliphatic heterocycles. The smallest absolute Gasteiger partial charge is 0.475 e. The molecule has 1 N–H and O–H groups in total. The lowest BCUT2D eigenvalue weighted by Gasteiger charge is -1.93. The lowest BCUT2D eigenvalue weighted by atomic mass is 10.4. The summed E-state index contributed by atoms with van der Waals surface area (Å²) in [7, 11) is 0. The molecule has 0 radical (unpaired) electrons. The van der Waals surface area contributed by atoms with Gasteiger partial charge in [0.2, 0.25) is 0 Å². The van der Waals surface area contributed by atoms with Crippen molar-refractivity contribution in [1.29, 1.82) is 0 Å². The van der Waals surface area contributed by atoms with Gasteiger partial charge in [-0.25, -0.2) is 4.79 Å². The van der Waals surface area contributed by atoms with Crippen LogP contribution in [-0.4, -0.2) is 26.8 Å². The molecule has 0 aromatic carbocycles. The fourth-order valence-corrected chi connectivity index (χ4v) is 1.07. The van der Waals surface area contributed by atoms with E-state index in [-0.39, 0.29) is 0 Å². The van der Waals surface area contributed by atoms with Crippen LogP contribution in [0.1, 0.15) is 12.5 Å². The van der Waals surface area contributed by atoms with Gasteiger partial charge in [-0.3, -0.25) is 4.98 Å². The number of rotatable bonds is 1. The summed E-state index contributed by atoms with van der Waals surface area (Å²) in [5, 5.41) is 7.12. The summed E-state index contributed by atoms with van der Waals surface area (Å²) in [6.07, 6.45) is 2.65. The monoisotopic (exact) mass is 302 g/mol. The Morgan fingerprint density at radius 1 is 1.29 bits per heavy atom. The summed E-state index contributed by atoms with van der Waals surface area (Å²) < 4.78 is 33.9. The SMILES string of the molecule is CCn1ccc(C)c1.O=C(O)C(F)(F)F.c1ccncc1. The predicted octanol–water partition coefficient (Wildman–Crippen LogP) is 3.53. The van der Waals surface area contributed by atoms with Crippen LogP contribution in [0.15, 0.2) is 49.1 Å². The molecule has 0 spiro atoms. The standard InChI is InChI=1S/C7H11N.C5H5N.C2HF3O2/c1-3-8-5-4-7(2)6-8;1-2-4-6-5-3-1;3-2(4,5)1(6)7/h4-6H,3H2,1-2H3;1-5H;(H,6,7). The Morgan fingerprint density at radius 2 is 1.81 bits per heavy atom. The number of carboxylic acids is 1. The van der Waals surface area contributed by atoms with Crippen LogP contribution in [0.4, 0.5) is 13.2 Å². The minimum Gasteiger partial charge on any atom is -0.475 e. The lowest BCUT2D eigenvalue weighted by molar-refractivity contribution is -0.192. The van der Waals surface area contributed by atoms with Crippen molar-refractivity contribution in [3.8, 4) is 0 Å². The Morgan fingerprint density at radius 3 is 1.95 bits per heavy atom. The summed E-state index contributed by atoms with van der Waals surface area (Å²) in [6, 6.07) is 7.83. The molecule has 0 bridgehead atoms. The first-order valence-corrected chi connectivity index (χ1v) is 6.04. The van der Waals surface area contributed by atoms with Gasteiger partial charge >= 0.3 is 12.1 Å². The number of halogens is 3. The van der Waals surface area contributed by atoms with Crippen LogP contribution in [0.2, 0.25) is 0 Å². The molecule has 116 valence electrons. The van der Waals surface area contributed by atoms with Crippen LogP contribution in [0.25, 0.3) is 0 Å². The molecule has 7 heteroatoms. The number of alkyl halides is 3. The topological polar surface area (TPSA) is 55.1 Å². The van der Waals surface area contributed by atoms with Gasteiger partial charge in [0.05, 0.1) is 0 Å². The van der Waals surface area contributed by atoms with Gasteiger partial charge in [0, 0.05) is 31.3 Å². The molecule has 0 fully saturated rings. The number of carbonyl (C=O) groups is 1. The first-order valence-electron chi connectivity index (χ1n) is 6.04. The summed E-state index contributed by atoms with van der Waals surface area (Å²) in [6.45, 7) is 5.32. The quantitative estimate of drug-likeness (QED) is 0.876. The van der Waals surface area contributed by atoms with Crippen molar-refractivity contribution in [3.05, 3.63) is 54.6 Å². The molecule has 0 saturated carbocycles. The number of aliphatic carboxylic acids is 1. The zero-order chi connectivity index (χ0) is 16.3. The van der Waals surface area contributed by atoms with E-state index in [0.29, 0.717) is 0 Å². The molecular formula is C14H17F3N2O2. The molecular weight excluding hydrogens is 285 g/mol. The van der Waals surface area contributed by atoms with Gasteiger partial charge in [-0.15, -0.1) is 0 Å². The van der Waals surface area contributed by atoms with Crippen molar-refractivity contribution in [3.63, 3.8) is 0 Å². The second-order valence-corrected chi connectivity index (χ2v) is 3.85. The van der Waals surface area contributed by atoms with E-state index in [1.54, 1.807) is 12.4 Å². The van der Waals surface area contributed by atoms with E-state index in [9.17, 15) is 13.2 Å². The predicted molar refractivity (Wildman–Crippen MR) is 72.8 cm³/mol. The lowest BCUT2D eigenvalue weighted by Crippen LogP contribution is -2.21. The molecule has 0 amide bonds. The highest BCUT2D eigenvalue weighted by Crippen LogP contribution is 2.13. The fraction of sp³-hybridized carbons (Fsp3) is 0.286. The van der Waals surface area contributed by atoms with Crippen molar-refractivity contribution >= 4 is 5.97 Å². The average Bonchev–Trinajstić information content (AvgIpc) is 2.87. The fourth-order valence-electron chi connectivity index (χ4n) is 1.07. The second-order valence-electron chi connectivity index (χ2n) is 3.85. The number of pyridine rings is 1. The van der Waals surface area contributed by atoms with E-state index >= 15 is 0 Å². The van der Waals surface area contributed by atoms with Gasteiger partial charge in [0.25, 0.3) is 0 Å². The van der Waals surface area contributed by atoms with Gasteiger partial charge in [0.15, 0.2) is 0 Å². The highest BCUT2D eigenvalue weighted by Gasteiger charge is 2.38. The van der Waals surface area contributed by atoms with Crippen LogP contribution in [0, 0.1) is 6.92 Å².